The average Bonchev–Trinajstić information content (AvgIpc) is 3.39. The number of amides is 1. The largest absolute Gasteiger partial charge is 0.463 e. The molecule has 0 N–H and O–H groups in total. The van der Waals surface area contributed by atoms with Gasteiger partial charge in [-0.2, -0.15) is 0 Å². The smallest absolute Gasteiger partial charge is 0.373 e. The molecule has 0 radical (unpaired) electrons. The van der Waals surface area contributed by atoms with Gasteiger partial charge in [0.05, 0.1) is 31.3 Å². The molecule has 2 aromatic rings. The Hall–Kier alpha value is -2.67. The summed E-state index contributed by atoms with van der Waals surface area (Å²) in [6, 6.07) is 9.20. The van der Waals surface area contributed by atoms with Crippen LogP contribution in [0.5, 0.6) is 0 Å². The van der Waals surface area contributed by atoms with Crippen LogP contribution >= 0.6 is 0 Å². The van der Waals surface area contributed by atoms with Crippen LogP contribution in [0.25, 0.3) is 0 Å². The van der Waals surface area contributed by atoms with Gasteiger partial charge in [-0.05, 0) is 43.7 Å². The molecule has 7 heteroatoms. The number of furan rings is 1. The molecule has 0 aromatic carbocycles. The van der Waals surface area contributed by atoms with Crippen LogP contribution in [-0.4, -0.2) is 53.4 Å². The second-order valence-corrected chi connectivity index (χ2v) is 7.30. The van der Waals surface area contributed by atoms with Gasteiger partial charge in [0.2, 0.25) is 11.7 Å². The summed E-state index contributed by atoms with van der Waals surface area (Å²) in [5, 5.41) is 0. The van der Waals surface area contributed by atoms with Gasteiger partial charge < -0.3 is 14.1 Å². The number of nitrogens with zero attached hydrogens (tertiary/aromatic N) is 3. The summed E-state index contributed by atoms with van der Waals surface area (Å²) in [7, 11) is 1.33. The minimum atomic E-state index is -0.477. The number of hydrogen-bond donors (Lipinski definition) is 0. The van der Waals surface area contributed by atoms with Crippen molar-refractivity contribution in [2.45, 2.75) is 25.9 Å². The van der Waals surface area contributed by atoms with Gasteiger partial charge >= 0.3 is 5.97 Å². The summed E-state index contributed by atoms with van der Waals surface area (Å²) in [5.41, 5.74) is 0.621. The highest BCUT2D eigenvalue weighted by molar-refractivity contribution is 5.86. The van der Waals surface area contributed by atoms with E-state index in [4.69, 9.17) is 4.42 Å². The summed E-state index contributed by atoms with van der Waals surface area (Å²) in [6.07, 6.45) is 3.49. The van der Waals surface area contributed by atoms with Crippen molar-refractivity contribution in [2.24, 2.45) is 5.41 Å². The molecule has 2 aromatic heterocycles. The standard InChI is InChI=1S/C20H23N3O4/c1-26-18(24)17-6-5-16(27-17)13-22-10-7-20(14-22)8-11-23(19(20)25)12-15-4-2-3-9-21-15/h2-6,9H,7-8,10-14H2,1H3. The van der Waals surface area contributed by atoms with Crippen LogP contribution in [0.3, 0.4) is 0 Å². The fraction of sp³-hybridized carbons (Fsp3) is 0.450. The first-order chi connectivity index (χ1) is 13.1. The van der Waals surface area contributed by atoms with Gasteiger partial charge in [-0.15, -0.1) is 0 Å². The highest BCUT2D eigenvalue weighted by atomic mass is 16.5. The molecular weight excluding hydrogens is 346 g/mol. The van der Waals surface area contributed by atoms with Crippen molar-refractivity contribution in [1.82, 2.24) is 14.8 Å². The van der Waals surface area contributed by atoms with Crippen molar-refractivity contribution in [2.75, 3.05) is 26.7 Å². The van der Waals surface area contributed by atoms with Crippen LogP contribution in [-0.2, 0) is 22.6 Å². The average molecular weight is 369 g/mol. The third-order valence-electron chi connectivity index (χ3n) is 5.54. The number of methoxy groups -OCH3 is 1. The Bertz CT molecular complexity index is 835. The monoisotopic (exact) mass is 369 g/mol. The first-order valence-corrected chi connectivity index (χ1v) is 9.18. The van der Waals surface area contributed by atoms with E-state index in [9.17, 15) is 9.59 Å². The van der Waals surface area contributed by atoms with Gasteiger partial charge in [-0.1, -0.05) is 6.07 Å². The number of rotatable bonds is 5. The van der Waals surface area contributed by atoms with E-state index in [-0.39, 0.29) is 17.1 Å². The van der Waals surface area contributed by atoms with E-state index in [1.54, 1.807) is 18.3 Å². The second-order valence-electron chi connectivity index (χ2n) is 7.30. The van der Waals surface area contributed by atoms with Gasteiger partial charge in [0.1, 0.15) is 5.76 Å². The van der Waals surface area contributed by atoms with E-state index < -0.39 is 5.97 Å². The van der Waals surface area contributed by atoms with Crippen LogP contribution in [0.15, 0.2) is 40.9 Å². The van der Waals surface area contributed by atoms with Crippen molar-refractivity contribution in [3.8, 4) is 0 Å². The molecule has 1 unspecified atom stereocenters. The maximum absolute atomic E-state index is 13.1. The molecule has 0 saturated carbocycles. The molecule has 142 valence electrons. The molecule has 1 atom stereocenters. The Morgan fingerprint density at radius 2 is 2.07 bits per heavy atom. The molecule has 2 aliphatic heterocycles. The number of hydrogen-bond acceptors (Lipinski definition) is 6. The summed E-state index contributed by atoms with van der Waals surface area (Å²) in [4.78, 5) is 33.0. The zero-order valence-electron chi connectivity index (χ0n) is 15.4. The number of aromatic nitrogens is 1. The summed E-state index contributed by atoms with van der Waals surface area (Å²) in [5.74, 6) is 0.670. The molecule has 27 heavy (non-hydrogen) atoms. The predicted molar refractivity (Wildman–Crippen MR) is 96.6 cm³/mol. The Morgan fingerprint density at radius 3 is 2.85 bits per heavy atom. The molecule has 1 spiro atoms. The fourth-order valence-electron chi connectivity index (χ4n) is 4.10. The lowest BCUT2D eigenvalue weighted by molar-refractivity contribution is -0.136. The van der Waals surface area contributed by atoms with Crippen molar-refractivity contribution in [3.05, 3.63) is 53.7 Å². The number of carbonyl (C=O) groups is 2. The van der Waals surface area contributed by atoms with E-state index in [1.807, 2.05) is 23.1 Å². The van der Waals surface area contributed by atoms with E-state index in [2.05, 4.69) is 14.6 Å². The number of pyridine rings is 1. The molecule has 4 rings (SSSR count). The van der Waals surface area contributed by atoms with Gasteiger partial charge in [-0.25, -0.2) is 4.79 Å². The van der Waals surface area contributed by atoms with Crippen LogP contribution in [0, 0.1) is 5.41 Å². The summed E-state index contributed by atoms with van der Waals surface area (Å²) in [6.45, 7) is 3.50. The maximum atomic E-state index is 13.1. The van der Waals surface area contributed by atoms with Crippen molar-refractivity contribution >= 4 is 11.9 Å². The van der Waals surface area contributed by atoms with Crippen molar-refractivity contribution in [3.63, 3.8) is 0 Å². The first kappa shape index (κ1) is 17.7. The number of esters is 1. The number of ether oxygens (including phenoxy) is 1. The van der Waals surface area contributed by atoms with E-state index in [0.29, 0.717) is 18.8 Å². The predicted octanol–water partition coefficient (Wildman–Crippen LogP) is 2.09. The van der Waals surface area contributed by atoms with Crippen LogP contribution < -0.4 is 0 Å². The lowest BCUT2D eigenvalue weighted by Gasteiger charge is -2.23. The van der Waals surface area contributed by atoms with Crippen LogP contribution in [0.4, 0.5) is 0 Å². The molecule has 0 aliphatic carbocycles. The van der Waals surface area contributed by atoms with E-state index in [0.717, 1.165) is 38.2 Å². The minimum Gasteiger partial charge on any atom is -0.463 e. The van der Waals surface area contributed by atoms with Crippen molar-refractivity contribution in [1.29, 1.82) is 0 Å². The van der Waals surface area contributed by atoms with E-state index in [1.165, 1.54) is 7.11 Å². The maximum Gasteiger partial charge on any atom is 0.373 e. The Balaban J connectivity index is 1.38. The Kier molecular flexibility index (Phi) is 4.70. The molecule has 2 saturated heterocycles. The fourth-order valence-corrected chi connectivity index (χ4v) is 4.10. The lowest BCUT2D eigenvalue weighted by atomic mass is 9.85. The van der Waals surface area contributed by atoms with E-state index >= 15 is 0 Å². The van der Waals surface area contributed by atoms with Gasteiger partial charge in [-0.3, -0.25) is 14.7 Å². The molecule has 2 fully saturated rings. The molecule has 7 nitrogen and oxygen atoms in total. The van der Waals surface area contributed by atoms with Gasteiger partial charge in [0.15, 0.2) is 0 Å². The molecule has 1 amide bonds. The highest BCUT2D eigenvalue weighted by Gasteiger charge is 2.50. The highest BCUT2D eigenvalue weighted by Crippen LogP contribution is 2.41. The summed E-state index contributed by atoms with van der Waals surface area (Å²) < 4.78 is 10.2. The molecule has 4 heterocycles. The normalized spacial score (nSPS) is 22.7. The molecular formula is C20H23N3O4. The Morgan fingerprint density at radius 1 is 1.22 bits per heavy atom. The lowest BCUT2D eigenvalue weighted by Crippen LogP contribution is -2.36. The number of likely N-dealkylation sites (tertiary alicyclic amines) is 2. The quantitative estimate of drug-likeness (QED) is 0.751. The molecule has 2 aliphatic rings. The van der Waals surface area contributed by atoms with Gasteiger partial charge in [0.25, 0.3) is 0 Å². The van der Waals surface area contributed by atoms with Crippen molar-refractivity contribution < 1.29 is 18.7 Å². The SMILES string of the molecule is COC(=O)c1ccc(CN2CCC3(CCN(Cc4ccccn4)C3=O)C2)o1. The van der Waals surface area contributed by atoms with Gasteiger partial charge in [0, 0.05) is 19.3 Å². The number of carbonyl (C=O) groups excluding carboxylic acids is 2. The van der Waals surface area contributed by atoms with Crippen LogP contribution in [0.2, 0.25) is 0 Å². The second kappa shape index (κ2) is 7.15. The van der Waals surface area contributed by atoms with Crippen LogP contribution in [0.1, 0.15) is 34.9 Å². The third-order valence-corrected chi connectivity index (χ3v) is 5.54. The third kappa shape index (κ3) is 3.47. The zero-order valence-corrected chi connectivity index (χ0v) is 15.4. The topological polar surface area (TPSA) is 75.9 Å². The molecule has 0 bridgehead atoms. The first-order valence-electron chi connectivity index (χ1n) is 9.18. The minimum absolute atomic E-state index is 0.208. The Labute approximate surface area is 157 Å². The zero-order chi connectivity index (χ0) is 18.9. The summed E-state index contributed by atoms with van der Waals surface area (Å²) >= 11 is 0.